The summed E-state index contributed by atoms with van der Waals surface area (Å²) in [6.45, 7) is 0.311. The molecule has 1 aliphatic carbocycles. The molecule has 1 fully saturated rings. The minimum atomic E-state index is -5.35. The van der Waals surface area contributed by atoms with E-state index in [-0.39, 0.29) is 45.8 Å². The Balaban J connectivity index is 1.54. The molecular formula is C29H26ClF4N5O4. The first-order chi connectivity index (χ1) is 20.3. The van der Waals surface area contributed by atoms with E-state index in [0.29, 0.717) is 10.9 Å². The van der Waals surface area contributed by atoms with Crippen LogP contribution in [0.2, 0.25) is 5.02 Å². The second kappa shape index (κ2) is 11.5. The average molecular weight is 620 g/mol. The number of ether oxygens (including phenoxy) is 1. The van der Waals surface area contributed by atoms with Crippen molar-refractivity contribution in [1.29, 1.82) is 0 Å². The Morgan fingerprint density at radius 2 is 1.88 bits per heavy atom. The molecule has 5 rings (SSSR count). The molecule has 43 heavy (non-hydrogen) atoms. The molecule has 2 aromatic heterocycles. The summed E-state index contributed by atoms with van der Waals surface area (Å²) in [4.78, 5) is 29.0. The van der Waals surface area contributed by atoms with E-state index in [2.05, 4.69) is 15.4 Å². The minimum Gasteiger partial charge on any atom is -0.491 e. The average Bonchev–Trinajstić information content (AvgIpc) is 3.70. The molecule has 2 aromatic carbocycles. The Labute approximate surface area is 247 Å². The second-order valence-corrected chi connectivity index (χ2v) is 10.6. The second-order valence-electron chi connectivity index (χ2n) is 10.2. The van der Waals surface area contributed by atoms with Crippen LogP contribution in [0.25, 0.3) is 22.2 Å². The number of amides is 2. The van der Waals surface area contributed by atoms with Crippen LogP contribution in [0.3, 0.4) is 0 Å². The summed E-state index contributed by atoms with van der Waals surface area (Å²) in [7, 11) is 0. The van der Waals surface area contributed by atoms with Gasteiger partial charge in [0, 0.05) is 28.3 Å². The lowest BCUT2D eigenvalue weighted by Gasteiger charge is -2.31. The van der Waals surface area contributed by atoms with Gasteiger partial charge in [0.15, 0.2) is 0 Å². The fourth-order valence-electron chi connectivity index (χ4n) is 4.63. The van der Waals surface area contributed by atoms with E-state index in [1.54, 1.807) is 17.8 Å². The van der Waals surface area contributed by atoms with E-state index >= 15 is 0 Å². The molecule has 14 heteroatoms. The largest absolute Gasteiger partial charge is 0.491 e. The molecule has 226 valence electrons. The van der Waals surface area contributed by atoms with Gasteiger partial charge in [0.1, 0.15) is 17.3 Å². The number of benzene rings is 2. The van der Waals surface area contributed by atoms with Gasteiger partial charge in [0.2, 0.25) is 11.5 Å². The van der Waals surface area contributed by atoms with E-state index in [9.17, 15) is 32.3 Å². The Bertz CT molecular complexity index is 1710. The number of nitrogens with zero attached hydrogens (tertiary/aromatic N) is 3. The van der Waals surface area contributed by atoms with E-state index in [4.69, 9.17) is 22.1 Å². The smallest absolute Gasteiger partial charge is 0.424 e. The number of nitrogens with one attached hydrogen (secondary N) is 1. The molecule has 4 N–H and O–H groups in total. The van der Waals surface area contributed by atoms with Crippen molar-refractivity contribution in [2.24, 2.45) is 5.73 Å². The third-order valence-electron chi connectivity index (χ3n) is 6.99. The van der Waals surface area contributed by atoms with Crippen molar-refractivity contribution in [1.82, 2.24) is 20.1 Å². The Morgan fingerprint density at radius 1 is 1.19 bits per heavy atom. The van der Waals surface area contributed by atoms with Crippen LogP contribution < -0.4 is 15.8 Å². The van der Waals surface area contributed by atoms with E-state index < -0.39 is 48.1 Å². The number of aromatic nitrogens is 3. The summed E-state index contributed by atoms with van der Waals surface area (Å²) >= 11 is 6.34. The number of aliphatic hydroxyl groups is 1. The van der Waals surface area contributed by atoms with Crippen LogP contribution >= 0.6 is 11.6 Å². The van der Waals surface area contributed by atoms with Gasteiger partial charge in [-0.05, 0) is 62.2 Å². The van der Waals surface area contributed by atoms with Crippen molar-refractivity contribution in [2.45, 2.75) is 44.0 Å². The number of fused-ring (bicyclic) bond motifs is 1. The summed E-state index contributed by atoms with van der Waals surface area (Å²) in [5.74, 6) is -2.50. The fraction of sp³-hybridized carbons (Fsp3) is 0.310. The molecule has 0 saturated heterocycles. The third kappa shape index (κ3) is 6.13. The summed E-state index contributed by atoms with van der Waals surface area (Å²) in [6, 6.07) is 8.46. The molecule has 4 aromatic rings. The zero-order chi connectivity index (χ0) is 31.1. The van der Waals surface area contributed by atoms with Gasteiger partial charge in [-0.2, -0.15) is 18.3 Å². The van der Waals surface area contributed by atoms with Crippen LogP contribution in [-0.2, 0) is 16.8 Å². The molecule has 0 spiro atoms. The predicted molar refractivity (Wildman–Crippen MR) is 149 cm³/mol. The molecule has 2 amide bonds. The van der Waals surface area contributed by atoms with Gasteiger partial charge in [-0.3, -0.25) is 14.3 Å². The van der Waals surface area contributed by atoms with Gasteiger partial charge < -0.3 is 20.9 Å². The summed E-state index contributed by atoms with van der Waals surface area (Å²) in [5.41, 5.74) is 0.900. The normalized spacial score (nSPS) is 14.9. The molecule has 1 atom stereocenters. The molecule has 9 nitrogen and oxygen atoms in total. The fourth-order valence-corrected chi connectivity index (χ4v) is 4.89. The predicted octanol–water partition coefficient (Wildman–Crippen LogP) is 4.83. The highest BCUT2D eigenvalue weighted by Crippen LogP contribution is 2.42. The standard InChI is InChI=1S/C29H26ClF4N5O4/c1-2-43-26-16(12-24(35)40)11-23(37-25(26)15-3-5-18(31)6-4-15)28(42,29(32,33)34)14-36-27(41)17-9-21(30)20-13-39(19-7-8-19)38-22(20)10-17/h3-6,9-11,13,19,42H,2,7-8,12,14H2,1H3,(H2,35,40)(H,36,41)/t28-/m0/s1. The molecule has 0 radical (unpaired) electrons. The van der Waals surface area contributed by atoms with Gasteiger partial charge in [-0.25, -0.2) is 9.37 Å². The van der Waals surface area contributed by atoms with Crippen molar-refractivity contribution >= 4 is 34.3 Å². The van der Waals surface area contributed by atoms with Crippen LogP contribution in [0, 0.1) is 5.82 Å². The zero-order valence-electron chi connectivity index (χ0n) is 22.7. The highest BCUT2D eigenvalue weighted by atomic mass is 35.5. The lowest BCUT2D eigenvalue weighted by atomic mass is 9.93. The van der Waals surface area contributed by atoms with Gasteiger partial charge in [0.25, 0.3) is 5.91 Å². The van der Waals surface area contributed by atoms with Crippen LogP contribution in [0.5, 0.6) is 5.75 Å². The van der Waals surface area contributed by atoms with Gasteiger partial charge >= 0.3 is 6.18 Å². The molecule has 1 aliphatic rings. The maximum atomic E-state index is 14.6. The SMILES string of the molecule is CCOc1c(CC(N)=O)cc([C@@](O)(CNC(=O)c2cc(Cl)c3cn(C4CC4)nc3c2)C(F)(F)F)nc1-c1ccc(F)cc1. The summed E-state index contributed by atoms with van der Waals surface area (Å²) in [6.07, 6.45) is -2.24. The molecular weight excluding hydrogens is 594 g/mol. The van der Waals surface area contributed by atoms with E-state index in [1.807, 2.05) is 0 Å². The minimum absolute atomic E-state index is 0.0480. The Hall–Kier alpha value is -4.23. The van der Waals surface area contributed by atoms with E-state index in [0.717, 1.165) is 31.0 Å². The highest BCUT2D eigenvalue weighted by molar-refractivity contribution is 6.35. The van der Waals surface area contributed by atoms with Crippen LogP contribution in [0.1, 0.15) is 47.4 Å². The number of primary amides is 1. The van der Waals surface area contributed by atoms with Crippen molar-refractivity contribution in [3.05, 3.63) is 76.3 Å². The number of carbonyl (C=O) groups is 2. The molecule has 2 heterocycles. The van der Waals surface area contributed by atoms with Crippen LogP contribution in [0.4, 0.5) is 17.6 Å². The highest BCUT2D eigenvalue weighted by Gasteiger charge is 2.56. The number of pyridine rings is 1. The third-order valence-corrected chi connectivity index (χ3v) is 7.31. The lowest BCUT2D eigenvalue weighted by molar-refractivity contribution is -0.265. The van der Waals surface area contributed by atoms with Crippen molar-refractivity contribution in [3.8, 4) is 17.0 Å². The maximum Gasteiger partial charge on any atom is 0.424 e. The van der Waals surface area contributed by atoms with Crippen LogP contribution in [0.15, 0.2) is 48.7 Å². The molecule has 0 bridgehead atoms. The monoisotopic (exact) mass is 619 g/mol. The number of rotatable bonds is 10. The lowest BCUT2D eigenvalue weighted by Crippen LogP contribution is -2.51. The summed E-state index contributed by atoms with van der Waals surface area (Å²) in [5, 5.41) is 18.5. The first kappa shape index (κ1) is 30.2. The molecule has 0 unspecified atom stereocenters. The van der Waals surface area contributed by atoms with Crippen molar-refractivity contribution in [2.75, 3.05) is 13.2 Å². The first-order valence-electron chi connectivity index (χ1n) is 13.3. The van der Waals surface area contributed by atoms with E-state index in [1.165, 1.54) is 24.3 Å². The van der Waals surface area contributed by atoms with Gasteiger partial charge in [-0.15, -0.1) is 0 Å². The number of carbonyl (C=O) groups excluding carboxylic acids is 2. The molecule has 0 aliphatic heterocycles. The van der Waals surface area contributed by atoms with Crippen LogP contribution in [-0.4, -0.2) is 51.0 Å². The van der Waals surface area contributed by atoms with Gasteiger partial charge in [-0.1, -0.05) is 11.6 Å². The number of halogens is 5. The molecule has 1 saturated carbocycles. The first-order valence-corrected chi connectivity index (χ1v) is 13.7. The summed E-state index contributed by atoms with van der Waals surface area (Å²) < 4.78 is 64.7. The zero-order valence-corrected chi connectivity index (χ0v) is 23.5. The van der Waals surface area contributed by atoms with Crippen molar-refractivity contribution in [3.63, 3.8) is 0 Å². The topological polar surface area (TPSA) is 132 Å². The van der Waals surface area contributed by atoms with Crippen molar-refractivity contribution < 1.29 is 37.0 Å². The number of nitrogens with two attached hydrogens (primary N) is 1. The number of hydrogen-bond acceptors (Lipinski definition) is 6. The Morgan fingerprint density at radius 3 is 2.49 bits per heavy atom. The quantitative estimate of drug-likeness (QED) is 0.218. The Kier molecular flexibility index (Phi) is 8.05. The number of hydrogen-bond donors (Lipinski definition) is 3. The maximum absolute atomic E-state index is 14.6. The van der Waals surface area contributed by atoms with Gasteiger partial charge in [0.05, 0.1) is 41.8 Å². The number of alkyl halides is 3.